The van der Waals surface area contributed by atoms with Crippen molar-refractivity contribution in [3.8, 4) is 0 Å². The number of nitrogens with one attached hydrogen (secondary N) is 2. The molecular weight excluding hydrogens is 206 g/mol. The van der Waals surface area contributed by atoms with E-state index in [0.717, 1.165) is 11.5 Å². The van der Waals surface area contributed by atoms with Gasteiger partial charge in [-0.05, 0) is 12.8 Å². The first kappa shape index (κ1) is 12.7. The Hall–Kier alpha value is -1.36. The van der Waals surface area contributed by atoms with Gasteiger partial charge in [-0.15, -0.1) is 0 Å². The third-order valence-corrected chi connectivity index (χ3v) is 2.39. The van der Waals surface area contributed by atoms with Crippen LogP contribution >= 0.6 is 0 Å². The Balaban J connectivity index is 2.53. The topological polar surface area (TPSA) is 67.0 Å². The van der Waals surface area contributed by atoms with Crippen molar-refractivity contribution in [2.75, 3.05) is 7.11 Å². The summed E-state index contributed by atoms with van der Waals surface area (Å²) in [4.78, 5) is 18.7. The molecule has 0 unspecified atom stereocenters. The molecule has 0 aliphatic rings. The average molecular weight is 225 g/mol. The molecule has 1 rings (SSSR count). The molecule has 1 heterocycles. The number of carbonyl (C=O) groups excluding carboxylic acids is 1. The quantitative estimate of drug-likeness (QED) is 0.734. The van der Waals surface area contributed by atoms with Crippen LogP contribution in [0.1, 0.15) is 25.4 Å². The highest BCUT2D eigenvalue weighted by Gasteiger charge is 2.22. The summed E-state index contributed by atoms with van der Waals surface area (Å²) in [6, 6.07) is -0.284. The molecule has 0 fully saturated rings. The molecule has 2 N–H and O–H groups in total. The maximum Gasteiger partial charge on any atom is 0.323 e. The van der Waals surface area contributed by atoms with Crippen molar-refractivity contribution in [2.24, 2.45) is 5.92 Å². The summed E-state index contributed by atoms with van der Waals surface area (Å²) in [6.07, 6.45) is 1.76. The molecule has 0 aliphatic heterocycles. The highest BCUT2D eigenvalue weighted by Crippen LogP contribution is 2.05. The third kappa shape index (κ3) is 3.34. The van der Waals surface area contributed by atoms with E-state index in [4.69, 9.17) is 4.74 Å². The maximum absolute atomic E-state index is 11.5. The summed E-state index contributed by atoms with van der Waals surface area (Å²) in [5.41, 5.74) is 0.965. The molecule has 1 aromatic heterocycles. The molecule has 5 nitrogen and oxygen atoms in total. The van der Waals surface area contributed by atoms with Crippen LogP contribution in [-0.4, -0.2) is 29.1 Å². The fourth-order valence-corrected chi connectivity index (χ4v) is 1.50. The van der Waals surface area contributed by atoms with Crippen LogP contribution in [0.15, 0.2) is 6.20 Å². The second-order valence-electron chi connectivity index (χ2n) is 4.12. The van der Waals surface area contributed by atoms with Gasteiger partial charge in [-0.25, -0.2) is 4.98 Å². The van der Waals surface area contributed by atoms with Gasteiger partial charge in [0.25, 0.3) is 0 Å². The molecule has 0 saturated carbocycles. The predicted octanol–water partition coefficient (Wildman–Crippen LogP) is 1.01. The Morgan fingerprint density at radius 3 is 2.75 bits per heavy atom. The van der Waals surface area contributed by atoms with Gasteiger partial charge in [-0.1, -0.05) is 13.8 Å². The average Bonchev–Trinajstić information content (AvgIpc) is 2.63. The summed E-state index contributed by atoms with van der Waals surface area (Å²) in [7, 11) is 1.40. The minimum absolute atomic E-state index is 0.191. The lowest BCUT2D eigenvalue weighted by atomic mass is 10.0. The van der Waals surface area contributed by atoms with Crippen LogP contribution in [0.2, 0.25) is 0 Å². The maximum atomic E-state index is 11.5. The Kier molecular flexibility index (Phi) is 4.49. The van der Waals surface area contributed by atoms with Gasteiger partial charge in [0.1, 0.15) is 11.9 Å². The summed E-state index contributed by atoms with van der Waals surface area (Å²) in [5.74, 6) is 0.832. The largest absolute Gasteiger partial charge is 0.468 e. The summed E-state index contributed by atoms with van der Waals surface area (Å²) in [6.45, 7) is 6.43. The highest BCUT2D eigenvalue weighted by molar-refractivity contribution is 5.75. The lowest BCUT2D eigenvalue weighted by Crippen LogP contribution is -2.41. The fraction of sp³-hybridized carbons (Fsp3) is 0.636. The summed E-state index contributed by atoms with van der Waals surface area (Å²) < 4.78 is 4.74. The monoisotopic (exact) mass is 225 g/mol. The van der Waals surface area contributed by atoms with Gasteiger partial charge in [0, 0.05) is 18.4 Å². The number of aromatic amines is 1. The molecule has 0 aliphatic carbocycles. The van der Waals surface area contributed by atoms with E-state index in [0.29, 0.717) is 6.54 Å². The number of methoxy groups -OCH3 is 1. The number of hydrogen-bond acceptors (Lipinski definition) is 4. The smallest absolute Gasteiger partial charge is 0.323 e. The van der Waals surface area contributed by atoms with E-state index in [1.54, 1.807) is 6.20 Å². The molecule has 16 heavy (non-hydrogen) atoms. The third-order valence-electron chi connectivity index (χ3n) is 2.39. The number of carbonyl (C=O) groups is 1. The molecule has 0 aromatic carbocycles. The minimum atomic E-state index is -0.284. The molecular formula is C11H19N3O2. The van der Waals surface area contributed by atoms with Crippen molar-refractivity contribution in [3.05, 3.63) is 17.7 Å². The van der Waals surface area contributed by atoms with Gasteiger partial charge in [-0.3, -0.25) is 10.1 Å². The number of hydrogen-bond donors (Lipinski definition) is 2. The van der Waals surface area contributed by atoms with Crippen LogP contribution in [0.4, 0.5) is 0 Å². The Labute approximate surface area is 95.6 Å². The fourth-order valence-electron chi connectivity index (χ4n) is 1.50. The van der Waals surface area contributed by atoms with Crippen molar-refractivity contribution in [1.29, 1.82) is 0 Å². The molecule has 0 amide bonds. The number of nitrogens with zero attached hydrogens (tertiary/aromatic N) is 1. The van der Waals surface area contributed by atoms with Gasteiger partial charge in [0.2, 0.25) is 0 Å². The first-order valence-corrected chi connectivity index (χ1v) is 5.36. The second kappa shape index (κ2) is 5.65. The minimum Gasteiger partial charge on any atom is -0.468 e. The first-order chi connectivity index (χ1) is 7.54. The van der Waals surface area contributed by atoms with Crippen molar-refractivity contribution < 1.29 is 9.53 Å². The normalized spacial score (nSPS) is 12.8. The van der Waals surface area contributed by atoms with E-state index in [-0.39, 0.29) is 17.9 Å². The van der Waals surface area contributed by atoms with Crippen LogP contribution in [0, 0.1) is 12.8 Å². The van der Waals surface area contributed by atoms with Crippen molar-refractivity contribution in [1.82, 2.24) is 15.3 Å². The van der Waals surface area contributed by atoms with Crippen LogP contribution in [0.5, 0.6) is 0 Å². The summed E-state index contributed by atoms with van der Waals surface area (Å²) >= 11 is 0. The second-order valence-corrected chi connectivity index (χ2v) is 4.12. The SMILES string of the molecule is COC(=O)[C@@H](NCc1cnc(C)[nH]1)C(C)C. The number of imidazole rings is 1. The number of aryl methyl sites for hydroxylation is 1. The molecule has 0 bridgehead atoms. The molecule has 0 spiro atoms. The molecule has 0 saturated heterocycles. The first-order valence-electron chi connectivity index (χ1n) is 5.36. The van der Waals surface area contributed by atoms with E-state index in [9.17, 15) is 4.79 Å². The van der Waals surface area contributed by atoms with Gasteiger partial charge >= 0.3 is 5.97 Å². The van der Waals surface area contributed by atoms with E-state index < -0.39 is 0 Å². The Morgan fingerprint density at radius 2 is 2.31 bits per heavy atom. The predicted molar refractivity (Wildman–Crippen MR) is 60.8 cm³/mol. The van der Waals surface area contributed by atoms with Crippen LogP contribution in [-0.2, 0) is 16.1 Å². The molecule has 90 valence electrons. The Bertz CT molecular complexity index is 347. The van der Waals surface area contributed by atoms with Gasteiger partial charge in [0.05, 0.1) is 7.11 Å². The lowest BCUT2D eigenvalue weighted by molar-refractivity contribution is -0.144. The lowest BCUT2D eigenvalue weighted by Gasteiger charge is -2.19. The van der Waals surface area contributed by atoms with E-state index >= 15 is 0 Å². The number of ether oxygens (including phenoxy) is 1. The standard InChI is InChI=1S/C11H19N3O2/c1-7(2)10(11(15)16-4)13-6-9-5-12-8(3)14-9/h5,7,10,13H,6H2,1-4H3,(H,12,14)/t10-/m0/s1. The van der Waals surface area contributed by atoms with Gasteiger partial charge in [-0.2, -0.15) is 0 Å². The van der Waals surface area contributed by atoms with Crippen molar-refractivity contribution in [2.45, 2.75) is 33.4 Å². The molecule has 1 aromatic rings. The van der Waals surface area contributed by atoms with Crippen LogP contribution in [0.3, 0.4) is 0 Å². The summed E-state index contributed by atoms with van der Waals surface area (Å²) in [5, 5.41) is 3.15. The van der Waals surface area contributed by atoms with Crippen LogP contribution < -0.4 is 5.32 Å². The Morgan fingerprint density at radius 1 is 1.62 bits per heavy atom. The number of esters is 1. The zero-order valence-corrected chi connectivity index (χ0v) is 10.2. The number of rotatable bonds is 5. The number of aromatic nitrogens is 2. The van der Waals surface area contributed by atoms with E-state index in [1.807, 2.05) is 20.8 Å². The number of H-pyrrole nitrogens is 1. The van der Waals surface area contributed by atoms with E-state index in [1.165, 1.54) is 7.11 Å². The van der Waals surface area contributed by atoms with Gasteiger partial charge in [0.15, 0.2) is 0 Å². The van der Waals surface area contributed by atoms with Crippen LogP contribution in [0.25, 0.3) is 0 Å². The van der Waals surface area contributed by atoms with Crippen molar-refractivity contribution in [3.63, 3.8) is 0 Å². The zero-order valence-electron chi connectivity index (χ0n) is 10.2. The highest BCUT2D eigenvalue weighted by atomic mass is 16.5. The molecule has 5 heteroatoms. The van der Waals surface area contributed by atoms with Gasteiger partial charge < -0.3 is 9.72 Å². The van der Waals surface area contributed by atoms with Crippen molar-refractivity contribution >= 4 is 5.97 Å². The molecule has 0 radical (unpaired) electrons. The van der Waals surface area contributed by atoms with E-state index in [2.05, 4.69) is 15.3 Å². The molecule has 1 atom stereocenters. The zero-order chi connectivity index (χ0) is 12.1.